The van der Waals surface area contributed by atoms with Gasteiger partial charge in [0.1, 0.15) is 11.9 Å². The highest BCUT2D eigenvalue weighted by Crippen LogP contribution is 2.26. The van der Waals surface area contributed by atoms with Crippen LogP contribution in [0, 0.1) is 0 Å². The van der Waals surface area contributed by atoms with Gasteiger partial charge in [0.15, 0.2) is 0 Å². The highest BCUT2D eigenvalue weighted by atomic mass is 16.5. The van der Waals surface area contributed by atoms with E-state index in [4.69, 9.17) is 9.47 Å². The summed E-state index contributed by atoms with van der Waals surface area (Å²) in [6, 6.07) is 16.6. The fourth-order valence-corrected chi connectivity index (χ4v) is 3.78. The van der Waals surface area contributed by atoms with Crippen LogP contribution in [0.3, 0.4) is 0 Å². The molecule has 0 N–H and O–H groups in total. The van der Waals surface area contributed by atoms with Gasteiger partial charge in [-0.15, -0.1) is 0 Å². The quantitative estimate of drug-likeness (QED) is 0.194. The molecule has 2 aromatic rings. The first-order valence-electron chi connectivity index (χ1n) is 12.7. The topological polar surface area (TPSA) is 35.5 Å². The molecule has 0 aliphatic carbocycles. The molecule has 0 radical (unpaired) electrons. The third kappa shape index (κ3) is 9.89. The van der Waals surface area contributed by atoms with Crippen molar-refractivity contribution in [1.29, 1.82) is 0 Å². The van der Waals surface area contributed by atoms with E-state index in [1.807, 2.05) is 31.2 Å². The van der Waals surface area contributed by atoms with E-state index in [9.17, 15) is 4.79 Å². The minimum atomic E-state index is -0.222. The molecule has 1 atom stereocenters. The van der Waals surface area contributed by atoms with Crippen molar-refractivity contribution in [2.24, 2.45) is 0 Å². The van der Waals surface area contributed by atoms with Crippen molar-refractivity contribution in [3.8, 4) is 16.9 Å². The molecular formula is C29H42O3. The number of ether oxygens (including phenoxy) is 2. The Morgan fingerprint density at radius 2 is 1.25 bits per heavy atom. The zero-order chi connectivity index (χ0) is 23.0. The summed E-state index contributed by atoms with van der Waals surface area (Å²) >= 11 is 0. The van der Waals surface area contributed by atoms with Gasteiger partial charge < -0.3 is 9.47 Å². The number of carbonyl (C=O) groups is 1. The van der Waals surface area contributed by atoms with E-state index in [1.165, 1.54) is 44.9 Å². The second kappa shape index (κ2) is 15.5. The van der Waals surface area contributed by atoms with Gasteiger partial charge in [-0.1, -0.05) is 102 Å². The lowest BCUT2D eigenvalue weighted by Crippen LogP contribution is -2.08. The fraction of sp³-hybridized carbons (Fsp3) is 0.552. The van der Waals surface area contributed by atoms with E-state index in [-0.39, 0.29) is 12.1 Å². The highest BCUT2D eigenvalue weighted by molar-refractivity contribution is 5.69. The van der Waals surface area contributed by atoms with E-state index in [2.05, 4.69) is 38.1 Å². The minimum absolute atomic E-state index is 0.103. The van der Waals surface area contributed by atoms with E-state index in [0.717, 1.165) is 48.3 Å². The molecule has 2 aromatic carbocycles. The Balaban J connectivity index is 1.76. The van der Waals surface area contributed by atoms with Crippen molar-refractivity contribution < 1.29 is 14.3 Å². The molecule has 0 spiro atoms. The first-order valence-corrected chi connectivity index (χ1v) is 12.7. The van der Waals surface area contributed by atoms with Crippen molar-refractivity contribution in [3.05, 3.63) is 54.1 Å². The Morgan fingerprint density at radius 3 is 1.88 bits per heavy atom. The summed E-state index contributed by atoms with van der Waals surface area (Å²) < 4.78 is 11.5. The molecule has 176 valence electrons. The second-order valence-corrected chi connectivity index (χ2v) is 8.71. The average Bonchev–Trinajstić information content (AvgIpc) is 2.82. The van der Waals surface area contributed by atoms with Crippen LogP contribution in [0.4, 0.5) is 0 Å². The summed E-state index contributed by atoms with van der Waals surface area (Å²) in [5.41, 5.74) is 3.33. The van der Waals surface area contributed by atoms with Crippen molar-refractivity contribution >= 4 is 5.97 Å². The number of hydrogen-bond acceptors (Lipinski definition) is 3. The molecule has 0 aromatic heterocycles. The molecule has 0 bridgehead atoms. The first-order chi connectivity index (χ1) is 15.6. The number of carbonyl (C=O) groups excluding carboxylic acids is 1. The van der Waals surface area contributed by atoms with Gasteiger partial charge in [-0.3, -0.25) is 4.79 Å². The SMILES string of the molecule is CCCCCCCCOc1ccc(-c2ccc(C(C)OC(=O)CCCCCC)cc2)cc1. The molecular weight excluding hydrogens is 396 g/mol. The van der Waals surface area contributed by atoms with E-state index in [0.29, 0.717) is 6.42 Å². The normalized spacial score (nSPS) is 11.8. The Hall–Kier alpha value is -2.29. The van der Waals surface area contributed by atoms with Gasteiger partial charge in [-0.25, -0.2) is 0 Å². The van der Waals surface area contributed by atoms with Crippen LogP contribution in [-0.4, -0.2) is 12.6 Å². The molecule has 0 aliphatic rings. The maximum atomic E-state index is 12.0. The van der Waals surface area contributed by atoms with Gasteiger partial charge in [-0.05, 0) is 48.6 Å². The van der Waals surface area contributed by atoms with E-state index in [1.54, 1.807) is 0 Å². The number of benzene rings is 2. The third-order valence-electron chi connectivity index (χ3n) is 5.88. The zero-order valence-corrected chi connectivity index (χ0v) is 20.4. The molecule has 0 heterocycles. The van der Waals surface area contributed by atoms with Crippen LogP contribution >= 0.6 is 0 Å². The number of unbranched alkanes of at least 4 members (excludes halogenated alkanes) is 8. The summed E-state index contributed by atoms with van der Waals surface area (Å²) in [6.07, 6.45) is 12.3. The van der Waals surface area contributed by atoms with Crippen molar-refractivity contribution in [2.75, 3.05) is 6.61 Å². The van der Waals surface area contributed by atoms with Crippen molar-refractivity contribution in [2.45, 2.75) is 97.5 Å². The lowest BCUT2D eigenvalue weighted by molar-refractivity contribution is -0.148. The molecule has 0 aliphatic heterocycles. The van der Waals surface area contributed by atoms with E-state index >= 15 is 0 Å². The van der Waals surface area contributed by atoms with Gasteiger partial charge in [-0.2, -0.15) is 0 Å². The van der Waals surface area contributed by atoms with Crippen molar-refractivity contribution in [1.82, 2.24) is 0 Å². The molecule has 0 amide bonds. The lowest BCUT2D eigenvalue weighted by Gasteiger charge is -2.14. The van der Waals surface area contributed by atoms with Crippen LogP contribution < -0.4 is 4.74 Å². The van der Waals surface area contributed by atoms with Crippen LogP contribution in [-0.2, 0) is 9.53 Å². The Labute approximate surface area is 195 Å². The standard InChI is InChI=1S/C29H42O3/c1-4-6-8-10-11-13-23-31-28-21-19-27(20-22-28)26-17-15-25(16-18-26)24(3)32-29(30)14-12-9-7-5-2/h15-22,24H,4-14,23H2,1-3H3. The fourth-order valence-electron chi connectivity index (χ4n) is 3.78. The summed E-state index contributed by atoms with van der Waals surface area (Å²) in [5, 5.41) is 0. The smallest absolute Gasteiger partial charge is 0.306 e. The predicted octanol–water partition coefficient (Wildman–Crippen LogP) is 8.67. The van der Waals surface area contributed by atoms with E-state index < -0.39 is 0 Å². The highest BCUT2D eigenvalue weighted by Gasteiger charge is 2.11. The van der Waals surface area contributed by atoms with Gasteiger partial charge in [0.2, 0.25) is 0 Å². The third-order valence-corrected chi connectivity index (χ3v) is 5.88. The van der Waals surface area contributed by atoms with Crippen LogP contribution in [0.1, 0.15) is 103 Å². The van der Waals surface area contributed by atoms with Gasteiger partial charge >= 0.3 is 5.97 Å². The van der Waals surface area contributed by atoms with Crippen LogP contribution in [0.2, 0.25) is 0 Å². The molecule has 0 fully saturated rings. The number of esters is 1. The average molecular weight is 439 g/mol. The molecule has 32 heavy (non-hydrogen) atoms. The van der Waals surface area contributed by atoms with Crippen LogP contribution in [0.25, 0.3) is 11.1 Å². The predicted molar refractivity (Wildman–Crippen MR) is 134 cm³/mol. The Morgan fingerprint density at radius 1 is 0.719 bits per heavy atom. The van der Waals surface area contributed by atoms with Crippen LogP contribution in [0.15, 0.2) is 48.5 Å². The monoisotopic (exact) mass is 438 g/mol. The number of hydrogen-bond donors (Lipinski definition) is 0. The Bertz CT molecular complexity index is 749. The summed E-state index contributed by atoms with van der Waals surface area (Å²) in [6.45, 7) is 7.14. The maximum Gasteiger partial charge on any atom is 0.306 e. The summed E-state index contributed by atoms with van der Waals surface area (Å²) in [4.78, 5) is 12.0. The van der Waals surface area contributed by atoms with Gasteiger partial charge in [0.05, 0.1) is 6.61 Å². The molecule has 3 nitrogen and oxygen atoms in total. The molecule has 0 saturated heterocycles. The maximum absolute atomic E-state index is 12.0. The molecule has 1 unspecified atom stereocenters. The lowest BCUT2D eigenvalue weighted by atomic mass is 10.0. The summed E-state index contributed by atoms with van der Waals surface area (Å²) in [5.74, 6) is 0.827. The molecule has 0 saturated carbocycles. The zero-order valence-electron chi connectivity index (χ0n) is 20.4. The minimum Gasteiger partial charge on any atom is -0.494 e. The largest absolute Gasteiger partial charge is 0.494 e. The summed E-state index contributed by atoms with van der Waals surface area (Å²) in [7, 11) is 0. The van der Waals surface area contributed by atoms with Gasteiger partial charge in [0, 0.05) is 6.42 Å². The first kappa shape index (κ1) is 26.0. The van der Waals surface area contributed by atoms with Crippen molar-refractivity contribution in [3.63, 3.8) is 0 Å². The molecule has 3 heteroatoms. The second-order valence-electron chi connectivity index (χ2n) is 8.71. The molecule has 2 rings (SSSR count). The number of rotatable bonds is 16. The Kier molecular flexibility index (Phi) is 12.6. The van der Waals surface area contributed by atoms with Gasteiger partial charge in [0.25, 0.3) is 0 Å². The van der Waals surface area contributed by atoms with Crippen LogP contribution in [0.5, 0.6) is 5.75 Å².